The lowest BCUT2D eigenvalue weighted by atomic mass is 10.2. The summed E-state index contributed by atoms with van der Waals surface area (Å²) in [6, 6.07) is 7.35. The molecule has 1 aromatic carbocycles. The van der Waals surface area contributed by atoms with E-state index in [4.69, 9.17) is 19.7 Å². The third-order valence-corrected chi connectivity index (χ3v) is 2.76. The maximum Gasteiger partial charge on any atom is 0.256 e. The Hall–Kier alpha value is -2.12. The molecule has 19 heavy (non-hydrogen) atoms. The minimum atomic E-state index is -0.960. The number of nitrogens with two attached hydrogens (primary N) is 1. The van der Waals surface area contributed by atoms with E-state index in [0.29, 0.717) is 17.3 Å². The van der Waals surface area contributed by atoms with Gasteiger partial charge in [0.15, 0.2) is 17.6 Å². The highest BCUT2D eigenvalue weighted by Crippen LogP contribution is 2.35. The van der Waals surface area contributed by atoms with Gasteiger partial charge in [-0.1, -0.05) is 17.3 Å². The number of aliphatic hydroxyl groups is 1. The van der Waals surface area contributed by atoms with Crippen LogP contribution in [0.3, 0.4) is 0 Å². The summed E-state index contributed by atoms with van der Waals surface area (Å²) in [6.45, 7) is 0.307. The Labute approximate surface area is 108 Å². The highest BCUT2D eigenvalue weighted by Gasteiger charge is 2.27. The molecule has 2 aromatic rings. The summed E-state index contributed by atoms with van der Waals surface area (Å²) in [5.74, 6) is 1.73. The van der Waals surface area contributed by atoms with E-state index in [1.165, 1.54) is 0 Å². The number of hydrogen-bond acceptors (Lipinski definition) is 7. The molecule has 0 amide bonds. The zero-order valence-corrected chi connectivity index (χ0v) is 10.0. The molecule has 1 aliphatic heterocycles. The number of para-hydroxylation sites is 2. The smallest absolute Gasteiger partial charge is 0.256 e. The van der Waals surface area contributed by atoms with Gasteiger partial charge in [0, 0.05) is 6.54 Å². The van der Waals surface area contributed by atoms with Crippen molar-refractivity contribution in [2.75, 3.05) is 13.2 Å². The molecule has 3 rings (SSSR count). The second kappa shape index (κ2) is 4.87. The van der Waals surface area contributed by atoms with Crippen LogP contribution in [0.4, 0.5) is 0 Å². The lowest BCUT2D eigenvalue weighted by Gasteiger charge is -2.24. The summed E-state index contributed by atoms with van der Waals surface area (Å²) in [5.41, 5.74) is 5.32. The van der Waals surface area contributed by atoms with Crippen LogP contribution in [0.5, 0.6) is 11.5 Å². The van der Waals surface area contributed by atoms with E-state index in [0.717, 1.165) is 0 Å². The molecule has 1 aromatic heterocycles. The lowest BCUT2D eigenvalue weighted by molar-refractivity contribution is 0.0831. The molecule has 7 nitrogen and oxygen atoms in total. The SMILES string of the molecule is NC[C@H](O)c1nc(C2COc3ccccc3O2)no1. The van der Waals surface area contributed by atoms with E-state index in [2.05, 4.69) is 10.1 Å². The second-order valence-corrected chi connectivity index (χ2v) is 4.11. The van der Waals surface area contributed by atoms with Crippen molar-refractivity contribution in [2.45, 2.75) is 12.2 Å². The zero-order chi connectivity index (χ0) is 13.2. The van der Waals surface area contributed by atoms with Gasteiger partial charge in [-0.2, -0.15) is 4.98 Å². The quantitative estimate of drug-likeness (QED) is 0.834. The maximum absolute atomic E-state index is 9.51. The van der Waals surface area contributed by atoms with E-state index < -0.39 is 12.2 Å². The second-order valence-electron chi connectivity index (χ2n) is 4.11. The maximum atomic E-state index is 9.51. The fourth-order valence-corrected chi connectivity index (χ4v) is 1.76. The molecule has 0 spiro atoms. The van der Waals surface area contributed by atoms with E-state index in [-0.39, 0.29) is 19.0 Å². The molecule has 0 saturated heterocycles. The Morgan fingerprint density at radius 2 is 2.16 bits per heavy atom. The summed E-state index contributed by atoms with van der Waals surface area (Å²) in [5, 5.41) is 13.3. The van der Waals surface area contributed by atoms with Crippen LogP contribution in [0.15, 0.2) is 28.8 Å². The van der Waals surface area contributed by atoms with E-state index in [1.54, 1.807) is 6.07 Å². The molecule has 0 radical (unpaired) electrons. The van der Waals surface area contributed by atoms with Crippen molar-refractivity contribution in [1.29, 1.82) is 0 Å². The van der Waals surface area contributed by atoms with Crippen molar-refractivity contribution < 1.29 is 19.1 Å². The first kappa shape index (κ1) is 11.9. The first-order valence-electron chi connectivity index (χ1n) is 5.88. The van der Waals surface area contributed by atoms with Crippen molar-refractivity contribution >= 4 is 0 Å². The molecule has 2 heterocycles. The minimum absolute atomic E-state index is 0.0203. The van der Waals surface area contributed by atoms with Gasteiger partial charge in [-0.25, -0.2) is 0 Å². The molecule has 0 saturated carbocycles. The van der Waals surface area contributed by atoms with Gasteiger partial charge in [-0.05, 0) is 12.1 Å². The standard InChI is InChI=1S/C12H13N3O4/c13-5-7(16)12-14-11(15-19-12)10-6-17-8-3-1-2-4-9(8)18-10/h1-4,7,10,16H,5-6,13H2/t7-,10?/m0/s1. The van der Waals surface area contributed by atoms with Crippen LogP contribution < -0.4 is 15.2 Å². The van der Waals surface area contributed by atoms with Crippen molar-refractivity contribution in [2.24, 2.45) is 5.73 Å². The molecule has 100 valence electrons. The molecule has 1 aliphatic rings. The molecule has 0 fully saturated rings. The van der Waals surface area contributed by atoms with Gasteiger partial charge in [-0.3, -0.25) is 0 Å². The summed E-state index contributed by atoms with van der Waals surface area (Å²) in [6.07, 6.45) is -1.42. The predicted octanol–water partition coefficient (Wildman–Crippen LogP) is 0.574. The molecule has 0 bridgehead atoms. The zero-order valence-electron chi connectivity index (χ0n) is 10.0. The highest BCUT2D eigenvalue weighted by atomic mass is 16.6. The van der Waals surface area contributed by atoms with Crippen molar-refractivity contribution in [3.63, 3.8) is 0 Å². The number of nitrogens with zero attached hydrogens (tertiary/aromatic N) is 2. The molecule has 1 unspecified atom stereocenters. The molecular formula is C12H13N3O4. The number of aromatic nitrogens is 2. The largest absolute Gasteiger partial charge is 0.485 e. The Balaban J connectivity index is 1.79. The molecule has 0 aliphatic carbocycles. The van der Waals surface area contributed by atoms with Gasteiger partial charge >= 0.3 is 0 Å². The molecular weight excluding hydrogens is 250 g/mol. The van der Waals surface area contributed by atoms with Crippen LogP contribution in [-0.4, -0.2) is 28.4 Å². The topological polar surface area (TPSA) is 104 Å². The van der Waals surface area contributed by atoms with Gasteiger partial charge < -0.3 is 24.8 Å². The molecule has 7 heteroatoms. The monoisotopic (exact) mass is 263 g/mol. The Bertz CT molecular complexity index is 572. The van der Waals surface area contributed by atoms with Crippen LogP contribution >= 0.6 is 0 Å². The normalized spacial score (nSPS) is 19.2. The highest BCUT2D eigenvalue weighted by molar-refractivity contribution is 5.40. The number of hydrogen-bond donors (Lipinski definition) is 2. The van der Waals surface area contributed by atoms with Crippen LogP contribution in [0.2, 0.25) is 0 Å². The summed E-state index contributed by atoms with van der Waals surface area (Å²) in [7, 11) is 0. The van der Waals surface area contributed by atoms with Gasteiger partial charge in [0.25, 0.3) is 5.89 Å². The molecule has 2 atom stereocenters. The Kier molecular flexibility index (Phi) is 3.06. The summed E-state index contributed by atoms with van der Waals surface area (Å²) < 4.78 is 16.2. The Morgan fingerprint density at radius 1 is 1.37 bits per heavy atom. The predicted molar refractivity (Wildman–Crippen MR) is 63.6 cm³/mol. The van der Waals surface area contributed by atoms with E-state index >= 15 is 0 Å². The van der Waals surface area contributed by atoms with Crippen molar-refractivity contribution in [3.8, 4) is 11.5 Å². The van der Waals surface area contributed by atoms with Crippen LogP contribution in [0.1, 0.15) is 23.9 Å². The van der Waals surface area contributed by atoms with Crippen molar-refractivity contribution in [3.05, 3.63) is 36.0 Å². The number of fused-ring (bicyclic) bond motifs is 1. The van der Waals surface area contributed by atoms with Crippen LogP contribution in [0, 0.1) is 0 Å². The number of benzene rings is 1. The number of ether oxygens (including phenoxy) is 2. The van der Waals surface area contributed by atoms with Gasteiger partial charge in [0.2, 0.25) is 5.82 Å². The van der Waals surface area contributed by atoms with E-state index in [1.807, 2.05) is 18.2 Å². The van der Waals surface area contributed by atoms with Gasteiger partial charge in [0.05, 0.1) is 0 Å². The molecule has 3 N–H and O–H groups in total. The number of rotatable bonds is 3. The van der Waals surface area contributed by atoms with Crippen LogP contribution in [0.25, 0.3) is 0 Å². The van der Waals surface area contributed by atoms with Crippen molar-refractivity contribution in [1.82, 2.24) is 10.1 Å². The fourth-order valence-electron chi connectivity index (χ4n) is 1.76. The summed E-state index contributed by atoms with van der Waals surface area (Å²) in [4.78, 5) is 4.06. The fraction of sp³-hybridized carbons (Fsp3) is 0.333. The van der Waals surface area contributed by atoms with Crippen LogP contribution in [-0.2, 0) is 0 Å². The van der Waals surface area contributed by atoms with E-state index in [9.17, 15) is 5.11 Å². The first-order chi connectivity index (χ1) is 9.28. The Morgan fingerprint density at radius 3 is 2.95 bits per heavy atom. The number of aliphatic hydroxyl groups excluding tert-OH is 1. The average molecular weight is 263 g/mol. The van der Waals surface area contributed by atoms with Gasteiger partial charge in [-0.15, -0.1) is 0 Å². The summed E-state index contributed by atoms with van der Waals surface area (Å²) >= 11 is 0. The third kappa shape index (κ3) is 2.25. The average Bonchev–Trinajstić information content (AvgIpc) is 2.95. The minimum Gasteiger partial charge on any atom is -0.485 e. The van der Waals surface area contributed by atoms with Gasteiger partial charge in [0.1, 0.15) is 12.7 Å². The lowest BCUT2D eigenvalue weighted by Crippen LogP contribution is -2.22. The first-order valence-corrected chi connectivity index (χ1v) is 5.88. The third-order valence-electron chi connectivity index (χ3n) is 2.76.